The molecule has 0 aliphatic rings. The molecule has 4 nitrogen and oxygen atoms in total. The van der Waals surface area contributed by atoms with Crippen LogP contribution in [0.5, 0.6) is 5.75 Å². The quantitative estimate of drug-likeness (QED) is 0.848. The molecule has 0 saturated heterocycles. The lowest BCUT2D eigenvalue weighted by atomic mass is 10.1. The summed E-state index contributed by atoms with van der Waals surface area (Å²) in [6, 6.07) is 8.29. The molecular formula is C14H19N3O. The Morgan fingerprint density at radius 1 is 1.28 bits per heavy atom. The third-order valence-electron chi connectivity index (χ3n) is 2.81. The molecule has 0 atom stereocenters. The first kappa shape index (κ1) is 12.6. The van der Waals surface area contributed by atoms with Gasteiger partial charge in [-0.2, -0.15) is 5.10 Å². The summed E-state index contributed by atoms with van der Waals surface area (Å²) < 4.78 is 7.61. The summed E-state index contributed by atoms with van der Waals surface area (Å²) in [7, 11) is 1.95. The molecule has 96 valence electrons. The maximum atomic E-state index is 5.75. The second kappa shape index (κ2) is 6.21. The molecule has 0 fully saturated rings. The molecular weight excluding hydrogens is 226 g/mol. The first-order chi connectivity index (χ1) is 8.83. The molecule has 0 spiro atoms. The number of rotatable bonds is 6. The summed E-state index contributed by atoms with van der Waals surface area (Å²) in [6.45, 7) is 4.35. The summed E-state index contributed by atoms with van der Waals surface area (Å²) in [5, 5.41) is 7.35. The van der Waals surface area contributed by atoms with Crippen molar-refractivity contribution >= 4 is 0 Å². The van der Waals surface area contributed by atoms with Crippen LogP contribution in [0.2, 0.25) is 0 Å². The van der Waals surface area contributed by atoms with Crippen LogP contribution in [-0.4, -0.2) is 16.8 Å². The molecule has 0 unspecified atom stereocenters. The van der Waals surface area contributed by atoms with Crippen LogP contribution < -0.4 is 10.1 Å². The normalized spacial score (nSPS) is 10.6. The predicted octanol–water partition coefficient (Wildman–Crippen LogP) is 2.20. The number of hydrogen-bond acceptors (Lipinski definition) is 3. The molecule has 0 amide bonds. The van der Waals surface area contributed by atoms with Crippen molar-refractivity contribution in [3.63, 3.8) is 0 Å². The van der Waals surface area contributed by atoms with Crippen LogP contribution in [0.1, 0.15) is 18.1 Å². The summed E-state index contributed by atoms with van der Waals surface area (Å²) >= 11 is 0. The smallest absolute Gasteiger partial charge is 0.157 e. The summed E-state index contributed by atoms with van der Waals surface area (Å²) in [5.74, 6) is 0.816. The Hall–Kier alpha value is -1.81. The van der Waals surface area contributed by atoms with Crippen molar-refractivity contribution in [2.75, 3.05) is 7.05 Å². The lowest BCUT2D eigenvalue weighted by Gasteiger charge is -2.09. The van der Waals surface area contributed by atoms with Crippen LogP contribution in [-0.2, 0) is 19.7 Å². The molecule has 0 radical (unpaired) electrons. The summed E-state index contributed by atoms with van der Waals surface area (Å²) in [6.07, 6.45) is 3.67. The molecule has 1 N–H and O–H groups in total. The Morgan fingerprint density at radius 2 is 2.06 bits per heavy atom. The average molecular weight is 245 g/mol. The van der Waals surface area contributed by atoms with Gasteiger partial charge in [-0.05, 0) is 25.1 Å². The van der Waals surface area contributed by atoms with Gasteiger partial charge < -0.3 is 10.1 Å². The number of benzene rings is 1. The van der Waals surface area contributed by atoms with Gasteiger partial charge in [0.15, 0.2) is 5.75 Å². The summed E-state index contributed by atoms with van der Waals surface area (Å²) in [4.78, 5) is 0. The molecule has 1 aromatic carbocycles. The van der Waals surface area contributed by atoms with E-state index in [-0.39, 0.29) is 0 Å². The van der Waals surface area contributed by atoms with Gasteiger partial charge in [0.25, 0.3) is 0 Å². The van der Waals surface area contributed by atoms with Crippen LogP contribution >= 0.6 is 0 Å². The highest BCUT2D eigenvalue weighted by Gasteiger charge is 2.03. The lowest BCUT2D eigenvalue weighted by Crippen LogP contribution is -2.09. The van der Waals surface area contributed by atoms with Crippen LogP contribution in [0.4, 0.5) is 0 Å². The van der Waals surface area contributed by atoms with Gasteiger partial charge in [-0.3, -0.25) is 4.68 Å². The van der Waals surface area contributed by atoms with Crippen LogP contribution in [0.25, 0.3) is 0 Å². The van der Waals surface area contributed by atoms with E-state index in [2.05, 4.69) is 29.5 Å². The fourth-order valence-electron chi connectivity index (χ4n) is 1.81. The van der Waals surface area contributed by atoms with Gasteiger partial charge in [0.1, 0.15) is 6.61 Å². The largest absolute Gasteiger partial charge is 0.486 e. The van der Waals surface area contributed by atoms with Crippen molar-refractivity contribution in [3.8, 4) is 5.75 Å². The van der Waals surface area contributed by atoms with Crippen LogP contribution in [0, 0.1) is 0 Å². The Balaban J connectivity index is 2.01. The second-order valence-electron chi connectivity index (χ2n) is 4.12. The SMILES string of the molecule is CCn1cc(OCc2ccccc2CNC)cn1. The minimum Gasteiger partial charge on any atom is -0.486 e. The maximum Gasteiger partial charge on any atom is 0.157 e. The lowest BCUT2D eigenvalue weighted by molar-refractivity contribution is 0.304. The standard InChI is InChI=1S/C14H19N3O/c1-3-17-10-14(9-16-17)18-11-13-7-5-4-6-12(13)8-15-2/h4-7,9-10,15H,3,8,11H2,1-2H3. The van der Waals surface area contributed by atoms with E-state index in [1.165, 1.54) is 11.1 Å². The van der Waals surface area contributed by atoms with Gasteiger partial charge in [0.05, 0.1) is 12.4 Å². The molecule has 0 bridgehead atoms. The minimum atomic E-state index is 0.577. The number of aryl methyl sites for hydroxylation is 1. The number of hydrogen-bond donors (Lipinski definition) is 1. The van der Waals surface area contributed by atoms with Gasteiger partial charge in [0, 0.05) is 13.1 Å². The average Bonchev–Trinajstić information content (AvgIpc) is 2.86. The third-order valence-corrected chi connectivity index (χ3v) is 2.81. The minimum absolute atomic E-state index is 0.577. The molecule has 0 saturated carbocycles. The van der Waals surface area contributed by atoms with E-state index in [0.29, 0.717) is 6.61 Å². The molecule has 18 heavy (non-hydrogen) atoms. The number of nitrogens with zero attached hydrogens (tertiary/aromatic N) is 2. The molecule has 1 aromatic heterocycles. The number of aromatic nitrogens is 2. The zero-order chi connectivity index (χ0) is 12.8. The number of nitrogens with one attached hydrogen (secondary N) is 1. The van der Waals surface area contributed by atoms with Gasteiger partial charge in [0.2, 0.25) is 0 Å². The predicted molar refractivity (Wildman–Crippen MR) is 71.4 cm³/mol. The van der Waals surface area contributed by atoms with Crippen molar-refractivity contribution in [1.29, 1.82) is 0 Å². The number of ether oxygens (including phenoxy) is 1. The molecule has 2 aromatic rings. The van der Waals surface area contributed by atoms with Gasteiger partial charge in [-0.25, -0.2) is 0 Å². The van der Waals surface area contributed by atoms with Crippen molar-refractivity contribution in [1.82, 2.24) is 15.1 Å². The molecule has 2 rings (SSSR count). The van der Waals surface area contributed by atoms with Crippen molar-refractivity contribution in [2.24, 2.45) is 0 Å². The molecule has 4 heteroatoms. The van der Waals surface area contributed by atoms with E-state index < -0.39 is 0 Å². The highest BCUT2D eigenvalue weighted by molar-refractivity contribution is 5.27. The van der Waals surface area contributed by atoms with Crippen molar-refractivity contribution in [2.45, 2.75) is 26.6 Å². The Morgan fingerprint density at radius 3 is 2.72 bits per heavy atom. The van der Waals surface area contributed by atoms with Gasteiger partial charge in [-0.1, -0.05) is 24.3 Å². The zero-order valence-electron chi connectivity index (χ0n) is 10.9. The van der Waals surface area contributed by atoms with E-state index in [4.69, 9.17) is 4.74 Å². The van der Waals surface area contributed by atoms with Crippen molar-refractivity contribution in [3.05, 3.63) is 47.8 Å². The first-order valence-corrected chi connectivity index (χ1v) is 6.20. The first-order valence-electron chi connectivity index (χ1n) is 6.20. The van der Waals surface area contributed by atoms with E-state index in [1.54, 1.807) is 6.20 Å². The molecule has 0 aliphatic heterocycles. The topological polar surface area (TPSA) is 39.1 Å². The van der Waals surface area contributed by atoms with Gasteiger partial charge in [-0.15, -0.1) is 0 Å². The van der Waals surface area contributed by atoms with Crippen LogP contribution in [0.15, 0.2) is 36.7 Å². The third kappa shape index (κ3) is 3.11. The maximum absolute atomic E-state index is 5.75. The Bertz CT molecular complexity index is 493. The van der Waals surface area contributed by atoms with Crippen molar-refractivity contribution < 1.29 is 4.74 Å². The van der Waals surface area contributed by atoms with Gasteiger partial charge >= 0.3 is 0 Å². The molecule has 1 heterocycles. The Labute approximate surface area is 108 Å². The van der Waals surface area contributed by atoms with Crippen LogP contribution in [0.3, 0.4) is 0 Å². The van der Waals surface area contributed by atoms with E-state index in [0.717, 1.165) is 18.8 Å². The fraction of sp³-hybridized carbons (Fsp3) is 0.357. The summed E-state index contributed by atoms with van der Waals surface area (Å²) in [5.41, 5.74) is 2.47. The highest BCUT2D eigenvalue weighted by atomic mass is 16.5. The fourth-order valence-corrected chi connectivity index (χ4v) is 1.81. The van der Waals surface area contributed by atoms with E-state index in [9.17, 15) is 0 Å². The zero-order valence-corrected chi connectivity index (χ0v) is 10.9. The van der Waals surface area contributed by atoms with E-state index in [1.807, 2.05) is 30.1 Å². The Kier molecular flexibility index (Phi) is 4.36. The highest BCUT2D eigenvalue weighted by Crippen LogP contribution is 2.14. The van der Waals surface area contributed by atoms with E-state index >= 15 is 0 Å². The molecule has 0 aliphatic carbocycles. The second-order valence-corrected chi connectivity index (χ2v) is 4.12. The monoisotopic (exact) mass is 245 g/mol.